The second kappa shape index (κ2) is 4.24. The average Bonchev–Trinajstić information content (AvgIpc) is 3.02. The summed E-state index contributed by atoms with van der Waals surface area (Å²) in [5.41, 5.74) is 3.80. The monoisotopic (exact) mass is 261 g/mol. The summed E-state index contributed by atoms with van der Waals surface area (Å²) < 4.78 is 3.17. The largest absolute Gasteiger partial charge is 0.318 e. The maximum Gasteiger partial charge on any atom is 0.243 e. The van der Waals surface area contributed by atoms with E-state index in [1.165, 1.54) is 4.70 Å². The topological polar surface area (TPSA) is 46.4 Å². The second-order valence-electron chi connectivity index (χ2n) is 4.82. The number of thiazole rings is 1. The standard InChI is InChI=1S/C13H15N3OS/c1-8-7-9(8)12(17)14-15-13-16(2)10-5-3-4-6-11(10)18-13/h3-6,8-9H,7H2,1-2H3,(H,14,17)/b15-13-/t8-,9+/m1/s1. The van der Waals surface area contributed by atoms with Crippen LogP contribution >= 0.6 is 11.3 Å². The van der Waals surface area contributed by atoms with Gasteiger partial charge in [0, 0.05) is 13.0 Å². The number of nitrogens with zero attached hydrogens (tertiary/aromatic N) is 2. The fourth-order valence-corrected chi connectivity index (χ4v) is 3.04. The van der Waals surface area contributed by atoms with Crippen molar-refractivity contribution in [3.63, 3.8) is 0 Å². The Hall–Kier alpha value is -1.62. The molecule has 1 aromatic carbocycles. The molecule has 0 unspecified atom stereocenters. The Morgan fingerprint density at radius 2 is 2.22 bits per heavy atom. The van der Waals surface area contributed by atoms with Crippen molar-refractivity contribution in [2.24, 2.45) is 24.0 Å². The second-order valence-corrected chi connectivity index (χ2v) is 5.83. The molecule has 0 saturated heterocycles. The highest BCUT2D eigenvalue weighted by atomic mass is 32.1. The third kappa shape index (κ3) is 1.95. The van der Waals surface area contributed by atoms with Crippen LogP contribution in [0.4, 0.5) is 0 Å². The van der Waals surface area contributed by atoms with E-state index in [-0.39, 0.29) is 11.8 Å². The van der Waals surface area contributed by atoms with E-state index in [4.69, 9.17) is 0 Å². The highest BCUT2D eigenvalue weighted by Gasteiger charge is 2.39. The first-order chi connectivity index (χ1) is 8.66. The number of benzene rings is 1. The van der Waals surface area contributed by atoms with Gasteiger partial charge in [0.05, 0.1) is 10.2 Å². The van der Waals surface area contributed by atoms with Gasteiger partial charge in [-0.2, -0.15) is 0 Å². The third-order valence-electron chi connectivity index (χ3n) is 3.42. The Balaban J connectivity index is 1.89. The lowest BCUT2D eigenvalue weighted by atomic mass is 10.3. The van der Waals surface area contributed by atoms with Crippen molar-refractivity contribution < 1.29 is 4.79 Å². The quantitative estimate of drug-likeness (QED) is 0.824. The summed E-state index contributed by atoms with van der Waals surface area (Å²) in [5, 5.41) is 4.22. The summed E-state index contributed by atoms with van der Waals surface area (Å²) in [5.74, 6) is 0.713. The molecule has 0 spiro atoms. The molecule has 2 aromatic rings. The molecule has 1 aliphatic rings. The maximum absolute atomic E-state index is 11.7. The van der Waals surface area contributed by atoms with Crippen LogP contribution in [0.2, 0.25) is 0 Å². The normalized spacial score (nSPS) is 23.3. The van der Waals surface area contributed by atoms with Gasteiger partial charge in [0.15, 0.2) is 0 Å². The summed E-state index contributed by atoms with van der Waals surface area (Å²) >= 11 is 1.58. The number of rotatable bonds is 2. The first-order valence-corrected chi connectivity index (χ1v) is 6.86. The number of hydrogen-bond acceptors (Lipinski definition) is 3. The summed E-state index contributed by atoms with van der Waals surface area (Å²) in [7, 11) is 1.96. The van der Waals surface area contributed by atoms with E-state index in [1.807, 2.05) is 23.7 Å². The van der Waals surface area contributed by atoms with Crippen LogP contribution in [0.25, 0.3) is 10.2 Å². The highest BCUT2D eigenvalue weighted by Crippen LogP contribution is 2.37. The molecule has 1 amide bonds. The highest BCUT2D eigenvalue weighted by molar-refractivity contribution is 7.16. The molecule has 5 heteroatoms. The van der Waals surface area contributed by atoms with Crippen LogP contribution in [0.15, 0.2) is 29.4 Å². The lowest BCUT2D eigenvalue weighted by Gasteiger charge is -1.97. The molecular weight excluding hydrogens is 246 g/mol. The lowest BCUT2D eigenvalue weighted by Crippen LogP contribution is -2.24. The molecule has 4 nitrogen and oxygen atoms in total. The van der Waals surface area contributed by atoms with Crippen molar-refractivity contribution in [3.8, 4) is 0 Å². The number of hydrogen-bond donors (Lipinski definition) is 1. The molecule has 1 aliphatic carbocycles. The van der Waals surface area contributed by atoms with Gasteiger partial charge in [-0.3, -0.25) is 4.79 Å². The number of carbonyl (C=O) groups excluding carboxylic acids is 1. The number of carbonyl (C=O) groups is 1. The van der Waals surface area contributed by atoms with Crippen LogP contribution in [0.3, 0.4) is 0 Å². The van der Waals surface area contributed by atoms with Gasteiger partial charge in [-0.25, -0.2) is 5.43 Å². The van der Waals surface area contributed by atoms with Gasteiger partial charge >= 0.3 is 0 Å². The van der Waals surface area contributed by atoms with E-state index >= 15 is 0 Å². The summed E-state index contributed by atoms with van der Waals surface area (Å²) in [4.78, 5) is 12.5. The van der Waals surface area contributed by atoms with Crippen molar-refractivity contribution in [2.75, 3.05) is 0 Å². The van der Waals surface area contributed by atoms with Gasteiger partial charge in [-0.1, -0.05) is 30.4 Å². The molecule has 1 aromatic heterocycles. The molecule has 1 heterocycles. The van der Waals surface area contributed by atoms with Crippen LogP contribution in [0, 0.1) is 11.8 Å². The molecule has 0 radical (unpaired) electrons. The predicted octanol–water partition coefficient (Wildman–Crippen LogP) is 1.83. The van der Waals surface area contributed by atoms with Crippen LogP contribution < -0.4 is 10.2 Å². The van der Waals surface area contributed by atoms with Crippen molar-refractivity contribution in [1.29, 1.82) is 0 Å². The van der Waals surface area contributed by atoms with E-state index in [9.17, 15) is 4.79 Å². The molecule has 0 aliphatic heterocycles. The van der Waals surface area contributed by atoms with Gasteiger partial charge in [-0.15, -0.1) is 5.10 Å². The Morgan fingerprint density at radius 1 is 1.50 bits per heavy atom. The number of fused-ring (bicyclic) bond motifs is 1. The minimum Gasteiger partial charge on any atom is -0.318 e. The number of aryl methyl sites for hydroxylation is 1. The molecule has 1 saturated carbocycles. The lowest BCUT2D eigenvalue weighted by molar-refractivity contribution is -0.122. The fraction of sp³-hybridized carbons (Fsp3) is 0.385. The number of amides is 1. The molecule has 3 rings (SSSR count). The Labute approximate surface area is 109 Å². The molecule has 1 N–H and O–H groups in total. The average molecular weight is 261 g/mol. The zero-order chi connectivity index (χ0) is 12.7. The zero-order valence-electron chi connectivity index (χ0n) is 10.4. The van der Waals surface area contributed by atoms with Gasteiger partial charge in [-0.05, 0) is 24.5 Å². The van der Waals surface area contributed by atoms with Crippen molar-refractivity contribution in [3.05, 3.63) is 29.1 Å². The van der Waals surface area contributed by atoms with Crippen molar-refractivity contribution in [1.82, 2.24) is 9.99 Å². The van der Waals surface area contributed by atoms with Crippen LogP contribution in [-0.2, 0) is 11.8 Å². The van der Waals surface area contributed by atoms with Crippen LogP contribution in [0.1, 0.15) is 13.3 Å². The van der Waals surface area contributed by atoms with Crippen LogP contribution in [0.5, 0.6) is 0 Å². The third-order valence-corrected chi connectivity index (χ3v) is 4.54. The van der Waals surface area contributed by atoms with Crippen LogP contribution in [-0.4, -0.2) is 10.5 Å². The number of aromatic nitrogens is 1. The Kier molecular flexibility index (Phi) is 2.70. The van der Waals surface area contributed by atoms with E-state index in [1.54, 1.807) is 11.3 Å². The van der Waals surface area contributed by atoms with Gasteiger partial charge < -0.3 is 4.57 Å². The molecule has 0 bridgehead atoms. The van der Waals surface area contributed by atoms with Crippen molar-refractivity contribution >= 4 is 27.5 Å². The molecule has 94 valence electrons. The SMILES string of the molecule is C[C@@H]1C[C@@H]1C(=O)N/N=c1\sc2ccccc2n1C. The number of para-hydroxylation sites is 1. The first-order valence-electron chi connectivity index (χ1n) is 6.05. The van der Waals surface area contributed by atoms with Gasteiger partial charge in [0.1, 0.15) is 0 Å². The predicted molar refractivity (Wildman–Crippen MR) is 71.8 cm³/mol. The molecule has 18 heavy (non-hydrogen) atoms. The summed E-state index contributed by atoms with van der Waals surface area (Å²) in [6.07, 6.45) is 0.986. The summed E-state index contributed by atoms with van der Waals surface area (Å²) in [6, 6.07) is 8.12. The molecule has 2 atom stereocenters. The summed E-state index contributed by atoms with van der Waals surface area (Å²) in [6.45, 7) is 2.09. The van der Waals surface area contributed by atoms with Gasteiger partial charge in [0.2, 0.25) is 10.7 Å². The molecule has 1 fully saturated rings. The Morgan fingerprint density at radius 3 is 2.89 bits per heavy atom. The Bertz CT molecular complexity index is 670. The van der Waals surface area contributed by atoms with Crippen molar-refractivity contribution in [2.45, 2.75) is 13.3 Å². The minimum atomic E-state index is 0.0416. The smallest absolute Gasteiger partial charge is 0.243 e. The fourth-order valence-electron chi connectivity index (χ4n) is 2.06. The van der Waals surface area contributed by atoms with E-state index in [0.717, 1.165) is 16.7 Å². The number of nitrogens with one attached hydrogen (secondary N) is 1. The molecular formula is C13H15N3OS. The first kappa shape index (κ1) is 11.5. The minimum absolute atomic E-state index is 0.0416. The van der Waals surface area contributed by atoms with E-state index in [2.05, 4.69) is 29.6 Å². The maximum atomic E-state index is 11.7. The van der Waals surface area contributed by atoms with E-state index < -0.39 is 0 Å². The van der Waals surface area contributed by atoms with Gasteiger partial charge in [0.25, 0.3) is 0 Å². The zero-order valence-corrected chi connectivity index (χ0v) is 11.2. The van der Waals surface area contributed by atoms with E-state index in [0.29, 0.717) is 5.92 Å².